The van der Waals surface area contributed by atoms with Crippen LogP contribution in [0.25, 0.3) is 0 Å². The van der Waals surface area contributed by atoms with Crippen molar-refractivity contribution in [1.82, 2.24) is 4.98 Å². The van der Waals surface area contributed by atoms with Crippen LogP contribution in [0.3, 0.4) is 0 Å². The molecule has 0 unspecified atom stereocenters. The van der Waals surface area contributed by atoms with Crippen molar-refractivity contribution in [2.45, 2.75) is 13.3 Å². The summed E-state index contributed by atoms with van der Waals surface area (Å²) < 4.78 is 0. The van der Waals surface area contributed by atoms with E-state index in [4.69, 9.17) is 10.8 Å². The van der Waals surface area contributed by atoms with Gasteiger partial charge in [0.1, 0.15) is 0 Å². The topological polar surface area (TPSA) is 76.2 Å². The molecule has 0 aromatic carbocycles. The van der Waals surface area contributed by atoms with Crippen LogP contribution in [0.2, 0.25) is 0 Å². The number of aromatic nitrogens is 1. The summed E-state index contributed by atoms with van der Waals surface area (Å²) >= 11 is 0. The van der Waals surface area contributed by atoms with Crippen LogP contribution in [0.4, 0.5) is 5.69 Å². The molecule has 0 aliphatic carbocycles. The molecular weight excluding hydrogens is 156 g/mol. The van der Waals surface area contributed by atoms with E-state index in [0.717, 1.165) is 0 Å². The van der Waals surface area contributed by atoms with Gasteiger partial charge in [0.15, 0.2) is 0 Å². The van der Waals surface area contributed by atoms with Crippen LogP contribution in [0.1, 0.15) is 11.3 Å². The Balaban J connectivity index is 2.97. The van der Waals surface area contributed by atoms with Gasteiger partial charge in [-0.15, -0.1) is 0 Å². The van der Waals surface area contributed by atoms with Gasteiger partial charge in [0, 0.05) is 5.69 Å². The molecule has 3 N–H and O–H groups in total. The normalized spacial score (nSPS) is 9.75. The van der Waals surface area contributed by atoms with E-state index in [-0.39, 0.29) is 6.42 Å². The molecule has 12 heavy (non-hydrogen) atoms. The van der Waals surface area contributed by atoms with Gasteiger partial charge in [0.05, 0.1) is 18.3 Å². The predicted octanol–water partition coefficient (Wildman–Crippen LogP) is 0.599. The van der Waals surface area contributed by atoms with Gasteiger partial charge in [0.25, 0.3) is 0 Å². The first kappa shape index (κ1) is 8.52. The average molecular weight is 166 g/mol. The van der Waals surface area contributed by atoms with Crippen molar-refractivity contribution in [2.24, 2.45) is 0 Å². The Morgan fingerprint density at radius 1 is 1.75 bits per heavy atom. The SMILES string of the molecule is Cc1ncc(N)cc1CC(=O)O. The standard InChI is InChI=1S/C8H10N2O2/c1-5-6(3-8(11)12)2-7(9)4-10-5/h2,4H,3,9H2,1H3,(H,11,12). The molecule has 0 spiro atoms. The maximum atomic E-state index is 10.4. The number of carboxylic acids is 1. The minimum Gasteiger partial charge on any atom is -0.481 e. The fraction of sp³-hybridized carbons (Fsp3) is 0.250. The number of anilines is 1. The summed E-state index contributed by atoms with van der Waals surface area (Å²) in [7, 11) is 0. The molecule has 1 heterocycles. The average Bonchev–Trinajstić information content (AvgIpc) is 1.96. The van der Waals surface area contributed by atoms with Gasteiger partial charge < -0.3 is 10.8 Å². The number of nitrogen functional groups attached to an aromatic ring is 1. The molecule has 0 saturated heterocycles. The van der Waals surface area contributed by atoms with Crippen molar-refractivity contribution in [3.8, 4) is 0 Å². The highest BCUT2D eigenvalue weighted by molar-refractivity contribution is 5.71. The van der Waals surface area contributed by atoms with E-state index in [2.05, 4.69) is 4.98 Å². The highest BCUT2D eigenvalue weighted by atomic mass is 16.4. The van der Waals surface area contributed by atoms with E-state index >= 15 is 0 Å². The zero-order valence-corrected chi connectivity index (χ0v) is 6.74. The highest BCUT2D eigenvalue weighted by Gasteiger charge is 2.04. The molecule has 0 fully saturated rings. The lowest BCUT2D eigenvalue weighted by Crippen LogP contribution is -2.04. The summed E-state index contributed by atoms with van der Waals surface area (Å²) in [5.41, 5.74) is 7.33. The largest absolute Gasteiger partial charge is 0.481 e. The van der Waals surface area contributed by atoms with Gasteiger partial charge in [-0.25, -0.2) is 0 Å². The van der Waals surface area contributed by atoms with E-state index in [9.17, 15) is 4.79 Å². The lowest BCUT2D eigenvalue weighted by Gasteiger charge is -2.02. The van der Waals surface area contributed by atoms with Gasteiger partial charge >= 0.3 is 5.97 Å². The van der Waals surface area contributed by atoms with Crippen LogP contribution in [0, 0.1) is 6.92 Å². The molecule has 0 bridgehead atoms. The second-order valence-electron chi connectivity index (χ2n) is 2.58. The van der Waals surface area contributed by atoms with E-state index in [1.807, 2.05) is 0 Å². The first-order valence-electron chi connectivity index (χ1n) is 3.52. The summed E-state index contributed by atoms with van der Waals surface area (Å²) in [6.45, 7) is 1.76. The smallest absolute Gasteiger partial charge is 0.307 e. The Labute approximate surface area is 70.0 Å². The molecule has 1 rings (SSSR count). The molecule has 1 aromatic rings. The monoisotopic (exact) mass is 166 g/mol. The predicted molar refractivity (Wildman–Crippen MR) is 44.7 cm³/mol. The number of carbonyl (C=O) groups is 1. The Kier molecular flexibility index (Phi) is 2.28. The van der Waals surface area contributed by atoms with Crippen molar-refractivity contribution in [3.05, 3.63) is 23.5 Å². The number of nitrogens with two attached hydrogens (primary N) is 1. The second kappa shape index (κ2) is 3.21. The molecular formula is C8H10N2O2. The zero-order chi connectivity index (χ0) is 9.14. The van der Waals surface area contributed by atoms with Gasteiger partial charge in [-0.2, -0.15) is 0 Å². The van der Waals surface area contributed by atoms with Crippen molar-refractivity contribution in [2.75, 3.05) is 5.73 Å². The molecule has 1 aromatic heterocycles. The third-order valence-corrected chi connectivity index (χ3v) is 1.55. The molecule has 0 amide bonds. The molecule has 0 radical (unpaired) electrons. The van der Waals surface area contributed by atoms with E-state index in [1.54, 1.807) is 13.0 Å². The maximum Gasteiger partial charge on any atom is 0.307 e. The van der Waals surface area contributed by atoms with Crippen LogP contribution < -0.4 is 5.73 Å². The van der Waals surface area contributed by atoms with Crippen molar-refractivity contribution in [1.29, 1.82) is 0 Å². The maximum absolute atomic E-state index is 10.4. The van der Waals surface area contributed by atoms with E-state index in [1.165, 1.54) is 6.20 Å². The molecule has 0 aliphatic heterocycles. The number of rotatable bonds is 2. The fourth-order valence-electron chi connectivity index (χ4n) is 0.939. The van der Waals surface area contributed by atoms with Crippen molar-refractivity contribution < 1.29 is 9.90 Å². The number of hydrogen-bond acceptors (Lipinski definition) is 3. The summed E-state index contributed by atoms with van der Waals surface area (Å²) in [6, 6.07) is 1.64. The number of pyridine rings is 1. The lowest BCUT2D eigenvalue weighted by molar-refractivity contribution is -0.136. The number of aryl methyl sites for hydroxylation is 1. The quantitative estimate of drug-likeness (QED) is 0.674. The molecule has 0 aliphatic rings. The van der Waals surface area contributed by atoms with Crippen molar-refractivity contribution >= 4 is 11.7 Å². The lowest BCUT2D eigenvalue weighted by atomic mass is 10.1. The van der Waals surface area contributed by atoms with Crippen molar-refractivity contribution in [3.63, 3.8) is 0 Å². The Morgan fingerprint density at radius 3 is 3.00 bits per heavy atom. The van der Waals surface area contributed by atoms with Crippen LogP contribution in [0.5, 0.6) is 0 Å². The fourth-order valence-corrected chi connectivity index (χ4v) is 0.939. The van der Waals surface area contributed by atoms with Crippen LogP contribution in [-0.2, 0) is 11.2 Å². The van der Waals surface area contributed by atoms with Gasteiger partial charge in [-0.1, -0.05) is 0 Å². The van der Waals surface area contributed by atoms with E-state index < -0.39 is 5.97 Å². The minimum atomic E-state index is -0.870. The Hall–Kier alpha value is -1.58. The number of nitrogens with zero attached hydrogens (tertiary/aromatic N) is 1. The Morgan fingerprint density at radius 2 is 2.42 bits per heavy atom. The Bertz CT molecular complexity index is 310. The number of aliphatic carboxylic acids is 1. The molecule has 64 valence electrons. The highest BCUT2D eigenvalue weighted by Crippen LogP contribution is 2.09. The minimum absolute atomic E-state index is 0.0239. The summed E-state index contributed by atoms with van der Waals surface area (Å²) in [5.74, 6) is -0.870. The molecule has 0 atom stereocenters. The molecule has 0 saturated carbocycles. The second-order valence-corrected chi connectivity index (χ2v) is 2.58. The summed E-state index contributed by atoms with van der Waals surface area (Å²) in [4.78, 5) is 14.3. The first-order valence-corrected chi connectivity index (χ1v) is 3.52. The summed E-state index contributed by atoms with van der Waals surface area (Å²) in [5, 5.41) is 8.51. The van der Waals surface area contributed by atoms with Gasteiger partial charge in [0.2, 0.25) is 0 Å². The third kappa shape index (κ3) is 1.95. The van der Waals surface area contributed by atoms with Crippen LogP contribution in [-0.4, -0.2) is 16.1 Å². The molecule has 4 heteroatoms. The number of carboxylic acid groups (broad SMARTS) is 1. The van der Waals surface area contributed by atoms with Crippen LogP contribution >= 0.6 is 0 Å². The van der Waals surface area contributed by atoms with E-state index in [0.29, 0.717) is 16.9 Å². The van der Waals surface area contributed by atoms with Crippen LogP contribution in [0.15, 0.2) is 12.3 Å². The van der Waals surface area contributed by atoms with Gasteiger partial charge in [-0.3, -0.25) is 9.78 Å². The third-order valence-electron chi connectivity index (χ3n) is 1.55. The first-order chi connectivity index (χ1) is 5.59. The number of hydrogen-bond donors (Lipinski definition) is 2. The molecule has 4 nitrogen and oxygen atoms in total. The zero-order valence-electron chi connectivity index (χ0n) is 6.74. The van der Waals surface area contributed by atoms with Gasteiger partial charge in [-0.05, 0) is 18.6 Å². The summed E-state index contributed by atoms with van der Waals surface area (Å²) in [6.07, 6.45) is 1.49.